The molecule has 4 heteroatoms. The van der Waals surface area contributed by atoms with Crippen molar-refractivity contribution in [1.82, 2.24) is 5.32 Å². The van der Waals surface area contributed by atoms with Gasteiger partial charge in [-0.15, -0.1) is 0 Å². The van der Waals surface area contributed by atoms with Gasteiger partial charge in [-0.1, -0.05) is 33.6 Å². The molecule has 1 rings (SSSR count). The number of rotatable bonds is 7. The van der Waals surface area contributed by atoms with Gasteiger partial charge < -0.3 is 15.8 Å². The monoisotopic (exact) mass is 284 g/mol. The van der Waals surface area contributed by atoms with Gasteiger partial charge in [0, 0.05) is 13.2 Å². The lowest BCUT2D eigenvalue weighted by Crippen LogP contribution is -2.49. The van der Waals surface area contributed by atoms with E-state index in [9.17, 15) is 4.79 Å². The number of hydrogen-bond donors (Lipinski definition) is 2. The quantitative estimate of drug-likeness (QED) is 0.755. The number of hydrogen-bond acceptors (Lipinski definition) is 3. The molecule has 1 aliphatic rings. The largest absolute Gasteiger partial charge is 0.378 e. The van der Waals surface area contributed by atoms with Crippen LogP contribution in [0.15, 0.2) is 0 Å². The maximum atomic E-state index is 12.0. The van der Waals surface area contributed by atoms with E-state index in [0.29, 0.717) is 12.5 Å². The molecule has 2 atom stereocenters. The van der Waals surface area contributed by atoms with Gasteiger partial charge in [0.1, 0.15) is 0 Å². The molecule has 0 radical (unpaired) electrons. The van der Waals surface area contributed by atoms with Gasteiger partial charge in [-0.05, 0) is 37.5 Å². The third-order valence-electron chi connectivity index (χ3n) is 4.25. The average molecular weight is 284 g/mol. The number of carbonyl (C=O) groups excluding carboxylic acids is 1. The van der Waals surface area contributed by atoms with Crippen LogP contribution in [0.2, 0.25) is 0 Å². The minimum atomic E-state index is -0.459. The van der Waals surface area contributed by atoms with E-state index in [4.69, 9.17) is 10.5 Å². The summed E-state index contributed by atoms with van der Waals surface area (Å²) in [5.41, 5.74) is 5.75. The molecule has 0 aromatic heterocycles. The van der Waals surface area contributed by atoms with Crippen molar-refractivity contribution >= 4 is 5.91 Å². The summed E-state index contributed by atoms with van der Waals surface area (Å²) in [6.45, 7) is 9.40. The van der Waals surface area contributed by atoms with Crippen LogP contribution in [0, 0.1) is 11.3 Å². The summed E-state index contributed by atoms with van der Waals surface area (Å²) in [5, 5.41) is 2.96. The fourth-order valence-electron chi connectivity index (χ4n) is 2.84. The maximum Gasteiger partial charge on any atom is 0.237 e. The zero-order valence-electron chi connectivity index (χ0n) is 13.6. The highest BCUT2D eigenvalue weighted by Crippen LogP contribution is 2.30. The third kappa shape index (κ3) is 5.41. The molecular formula is C16H32N2O2. The molecule has 0 saturated heterocycles. The first-order chi connectivity index (χ1) is 9.36. The van der Waals surface area contributed by atoms with Gasteiger partial charge in [0.2, 0.25) is 5.91 Å². The van der Waals surface area contributed by atoms with Gasteiger partial charge in [0.25, 0.3) is 0 Å². The summed E-state index contributed by atoms with van der Waals surface area (Å²) in [6.07, 6.45) is 6.33. The molecule has 20 heavy (non-hydrogen) atoms. The highest BCUT2D eigenvalue weighted by molar-refractivity contribution is 5.82. The van der Waals surface area contributed by atoms with E-state index in [1.54, 1.807) is 0 Å². The van der Waals surface area contributed by atoms with Crippen LogP contribution < -0.4 is 11.1 Å². The Bertz CT molecular complexity index is 293. The van der Waals surface area contributed by atoms with E-state index in [2.05, 4.69) is 5.32 Å². The molecule has 3 N–H and O–H groups in total. The zero-order valence-corrected chi connectivity index (χ0v) is 13.6. The predicted molar refractivity (Wildman–Crippen MR) is 82.4 cm³/mol. The van der Waals surface area contributed by atoms with Crippen LogP contribution in [0.1, 0.15) is 59.8 Å². The van der Waals surface area contributed by atoms with Gasteiger partial charge in [-0.25, -0.2) is 0 Å². The van der Waals surface area contributed by atoms with Crippen LogP contribution in [-0.2, 0) is 9.53 Å². The maximum absolute atomic E-state index is 12.0. The minimum absolute atomic E-state index is 0.0563. The second kappa shape index (κ2) is 7.99. The van der Waals surface area contributed by atoms with E-state index in [1.807, 2.05) is 27.7 Å². The second-order valence-corrected chi connectivity index (χ2v) is 6.96. The zero-order chi connectivity index (χ0) is 15.2. The smallest absolute Gasteiger partial charge is 0.237 e. The van der Waals surface area contributed by atoms with Crippen LogP contribution >= 0.6 is 0 Å². The van der Waals surface area contributed by atoms with Crippen LogP contribution in [0.4, 0.5) is 0 Å². The van der Waals surface area contributed by atoms with E-state index < -0.39 is 6.04 Å². The van der Waals surface area contributed by atoms with Crippen molar-refractivity contribution < 1.29 is 9.53 Å². The first-order valence-corrected chi connectivity index (χ1v) is 8.01. The third-order valence-corrected chi connectivity index (χ3v) is 4.25. The second-order valence-electron chi connectivity index (χ2n) is 6.96. The summed E-state index contributed by atoms with van der Waals surface area (Å²) in [5.74, 6) is 0.613. The predicted octanol–water partition coefficient (Wildman–Crippen LogP) is 2.46. The molecule has 0 spiro atoms. The number of nitrogens with one attached hydrogen (secondary N) is 1. The Kier molecular flexibility index (Phi) is 6.96. The normalized spacial score (nSPS) is 19.9. The number of amides is 1. The molecule has 4 nitrogen and oxygen atoms in total. The van der Waals surface area contributed by atoms with Crippen molar-refractivity contribution in [2.45, 2.75) is 71.9 Å². The molecule has 1 saturated carbocycles. The fraction of sp³-hybridized carbons (Fsp3) is 0.938. The molecule has 1 amide bonds. The Labute approximate surface area is 123 Å². The summed E-state index contributed by atoms with van der Waals surface area (Å²) in [7, 11) is 0. The fourth-order valence-corrected chi connectivity index (χ4v) is 2.84. The molecule has 0 aromatic rings. The Morgan fingerprint density at radius 3 is 2.45 bits per heavy atom. The van der Waals surface area contributed by atoms with Crippen molar-refractivity contribution in [3.63, 3.8) is 0 Å². The number of ether oxygens (including phenoxy) is 1. The Morgan fingerprint density at radius 1 is 1.35 bits per heavy atom. The topological polar surface area (TPSA) is 64.3 Å². The Balaban J connectivity index is 2.34. The standard InChI is InChI=1S/C16H32N2O2/c1-5-20-13(12-8-6-7-9-12)10-11-18-15(19)14(17)16(2,3)4/h12-14H,5-11,17H2,1-4H3,(H,18,19)/t13?,14-/m1/s1. The van der Waals surface area contributed by atoms with E-state index in [0.717, 1.165) is 13.0 Å². The molecular weight excluding hydrogens is 252 g/mol. The lowest BCUT2D eigenvalue weighted by atomic mass is 9.87. The molecule has 0 bridgehead atoms. The molecule has 1 aliphatic carbocycles. The molecule has 0 aromatic carbocycles. The Hall–Kier alpha value is -0.610. The van der Waals surface area contributed by atoms with Crippen molar-refractivity contribution in [1.29, 1.82) is 0 Å². The summed E-state index contributed by atoms with van der Waals surface area (Å²) in [4.78, 5) is 12.0. The summed E-state index contributed by atoms with van der Waals surface area (Å²) < 4.78 is 5.85. The van der Waals surface area contributed by atoms with Crippen molar-refractivity contribution in [3.05, 3.63) is 0 Å². The first-order valence-electron chi connectivity index (χ1n) is 8.01. The van der Waals surface area contributed by atoms with E-state index in [1.165, 1.54) is 25.7 Å². The number of carbonyl (C=O) groups is 1. The number of nitrogens with two attached hydrogens (primary N) is 1. The van der Waals surface area contributed by atoms with Crippen molar-refractivity contribution in [2.24, 2.45) is 17.1 Å². The Morgan fingerprint density at radius 2 is 1.95 bits per heavy atom. The van der Waals surface area contributed by atoms with Crippen LogP contribution in [0.5, 0.6) is 0 Å². The van der Waals surface area contributed by atoms with Crippen molar-refractivity contribution in [3.8, 4) is 0 Å². The molecule has 1 unspecified atom stereocenters. The van der Waals surface area contributed by atoms with Gasteiger partial charge in [-0.3, -0.25) is 4.79 Å². The highest BCUT2D eigenvalue weighted by Gasteiger charge is 2.28. The van der Waals surface area contributed by atoms with Gasteiger partial charge in [-0.2, -0.15) is 0 Å². The first kappa shape index (κ1) is 17.4. The average Bonchev–Trinajstić information content (AvgIpc) is 2.89. The van der Waals surface area contributed by atoms with Gasteiger partial charge in [0.15, 0.2) is 0 Å². The summed E-state index contributed by atoms with van der Waals surface area (Å²) in [6, 6.07) is -0.459. The van der Waals surface area contributed by atoms with Crippen molar-refractivity contribution in [2.75, 3.05) is 13.2 Å². The van der Waals surface area contributed by atoms with Crippen LogP contribution in [0.25, 0.3) is 0 Å². The molecule has 0 heterocycles. The summed E-state index contributed by atoms with van der Waals surface area (Å²) >= 11 is 0. The van der Waals surface area contributed by atoms with E-state index >= 15 is 0 Å². The van der Waals surface area contributed by atoms with Crippen LogP contribution in [-0.4, -0.2) is 31.2 Å². The molecule has 1 fully saturated rings. The van der Waals surface area contributed by atoms with Crippen LogP contribution in [0.3, 0.4) is 0 Å². The van der Waals surface area contributed by atoms with Gasteiger partial charge >= 0.3 is 0 Å². The SMILES string of the molecule is CCOC(CCNC(=O)[C@@H](N)C(C)(C)C)C1CCCC1. The lowest BCUT2D eigenvalue weighted by molar-refractivity contribution is -0.124. The van der Waals surface area contributed by atoms with E-state index in [-0.39, 0.29) is 17.4 Å². The minimum Gasteiger partial charge on any atom is -0.378 e. The lowest BCUT2D eigenvalue weighted by Gasteiger charge is -2.27. The molecule has 0 aliphatic heterocycles. The highest BCUT2D eigenvalue weighted by atomic mass is 16.5. The van der Waals surface area contributed by atoms with Gasteiger partial charge in [0.05, 0.1) is 12.1 Å². The molecule has 118 valence electrons.